The van der Waals surface area contributed by atoms with Gasteiger partial charge in [0.1, 0.15) is 0 Å². The van der Waals surface area contributed by atoms with Gasteiger partial charge in [-0.25, -0.2) is 0 Å². The molecule has 0 heterocycles. The third kappa shape index (κ3) is 19300. The van der Waals surface area contributed by atoms with E-state index >= 15 is 0 Å². The van der Waals surface area contributed by atoms with Gasteiger partial charge in [0.2, 0.25) is 0 Å². The molecule has 392 valence electrons. The molecule has 0 aromatic rings. The van der Waals surface area contributed by atoms with E-state index in [9.17, 15) is 0 Å². The topological polar surface area (TPSA) is 1260 Å². The van der Waals surface area contributed by atoms with Gasteiger partial charge < -0.3 is 186 Å². The molecule has 0 unspecified atom stereocenters. The van der Waals surface area contributed by atoms with Crippen molar-refractivity contribution in [2.45, 2.75) is 0 Å². The second-order valence-corrected chi connectivity index (χ2v) is 0. The fourth-order valence-corrected chi connectivity index (χ4v) is 0. The van der Waals surface area contributed by atoms with E-state index in [1.54, 1.807) is 0 Å². The summed E-state index contributed by atoms with van der Waals surface area (Å²) >= 11 is 0. The van der Waals surface area contributed by atoms with Crippen molar-refractivity contribution in [1.82, 2.24) is 98.4 Å². The van der Waals surface area contributed by atoms with Crippen LogP contribution in [-0.4, -0.2) is 87.6 Å². The minimum atomic E-state index is 0. The van der Waals surface area contributed by atoms with Gasteiger partial charge in [0.05, 0.1) is 0 Å². The van der Waals surface area contributed by atoms with E-state index in [2.05, 4.69) is 23.4 Å². The Kier molecular flexibility index (Phi) is 1340000. The van der Waals surface area contributed by atoms with Crippen molar-refractivity contribution in [3.63, 3.8) is 0 Å². The molecule has 50 heavy (non-hydrogen) atoms. The van der Waals surface area contributed by atoms with Crippen LogP contribution in [0.3, 0.4) is 0 Å². The number of hydrazine groups is 2. The van der Waals surface area contributed by atoms with Gasteiger partial charge >= 0.3 is 40.8 Å². The van der Waals surface area contributed by atoms with Crippen molar-refractivity contribution in [3.8, 4) is 0 Å². The summed E-state index contributed by atoms with van der Waals surface area (Å²) in [6, 6.07) is 0. The van der Waals surface area contributed by atoms with Gasteiger partial charge in [-0.05, 0) is 0 Å². The Balaban J connectivity index is -0.0000000000758. The van der Waals surface area contributed by atoms with E-state index in [0.717, 1.165) is 0 Å². The summed E-state index contributed by atoms with van der Waals surface area (Å²) in [5, 5.41) is 24.0. The first-order valence-corrected chi connectivity index (χ1v) is 1.07. The molecule has 0 fully saturated rings. The molecule has 0 aliphatic carbocycles. The third-order valence-corrected chi connectivity index (χ3v) is 0. The molecule has 0 saturated carbocycles. The van der Waals surface area contributed by atoms with Gasteiger partial charge in [-0.15, -0.1) is 49.6 Å². The van der Waals surface area contributed by atoms with Crippen molar-refractivity contribution in [2.24, 2.45) is 23.4 Å². The number of rotatable bonds is 0. The summed E-state index contributed by atoms with van der Waals surface area (Å²) in [5.41, 5.74) is 0. The van der Waals surface area contributed by atoms with Crippen LogP contribution in [0.5, 0.6) is 0 Å². The number of hydrogen-bond acceptors (Lipinski definition) is 28. The molecule has 0 aromatic carbocycles. The quantitative estimate of drug-likeness (QED) is 0.0463. The zero-order valence-corrected chi connectivity index (χ0v) is 39.3. The zero-order chi connectivity index (χ0) is 8.00. The summed E-state index contributed by atoms with van der Waals surface area (Å²) in [7, 11) is 0. The Bertz CT molecular complexity index is 100. The maximum atomic E-state index is 6.00. The Morgan fingerprint density at radius 1 is 0.200 bits per heavy atom. The summed E-state index contributed by atoms with van der Waals surface area (Å²) in [6.45, 7) is 0. The Morgan fingerprint density at radius 2 is 0.200 bits per heavy atom. The zero-order valence-electron chi connectivity index (χ0n) is 26.7. The Labute approximate surface area is 399 Å². The van der Waals surface area contributed by atoms with Crippen LogP contribution in [0.1, 0.15) is 0 Å². The van der Waals surface area contributed by atoms with Gasteiger partial charge in [-0.2, -0.15) is 0 Å². The fraction of sp³-hybridized carbons (Fsp3) is 0. The number of hydrogen-bond donors (Lipinski definition) is 20. The monoisotopic (exact) mass is 1460 g/mol. The van der Waals surface area contributed by atoms with E-state index in [4.69, 9.17) is 21.6 Å². The normalized spacial score (nSPS) is 0.320. The minimum Gasteiger partial charge on any atom is -0.870 e. The average Bonchev–Trinajstić information content (AvgIpc) is 2.03. The standard InChI is InChI=1S/4ClH.2H4N2.2N2.16H3N.16H2O.6Pd/c;;;;4*1-2;;;;;;;;;;;;;;;;;;;;;;;;;;;;;;;;;;;;;;/h4*1H;2*1-2H2;;;16*1H3;16*1H2;;;;;;/q;;;;;;;;;;;;;;;;;;;;;;;;;;;;;;;;;;;;;;;;;;;;2*+2/p-4. The van der Waals surface area contributed by atoms with Crippen LogP contribution in [0.2, 0.25) is 0 Å². The first-order valence-electron chi connectivity index (χ1n) is 1.07. The SMILES string of the molecule is Cl.Cl.Cl.Cl.N.N.N.N.N.N.N.N.N.N.N.N.N.N.N.N.N#N.N#N.NN.NN.O.O.O.O.O.O.O.O.O.O.O.O.[OH-].[OH-].[OH-].[OH-].[Pd+2].[Pd+2].[Pd].[Pd].[Pd].[Pd]. The molecular formula is H88Cl4N24O16Pd6. The van der Waals surface area contributed by atoms with E-state index in [1.807, 2.05) is 0 Å². The predicted octanol–water partition coefficient (Wildman–Crippen LogP) is -8.64. The Morgan fingerprint density at radius 3 is 0.200 bits per heavy atom. The van der Waals surface area contributed by atoms with Gasteiger partial charge in [0.25, 0.3) is 0 Å². The van der Waals surface area contributed by atoms with E-state index in [-0.39, 0.29) is 358 Å². The molecule has 0 aliphatic rings. The van der Waals surface area contributed by atoms with E-state index < -0.39 is 0 Å². The molecule has 0 aromatic heterocycles. The average molecular weight is 1460 g/mol. The minimum absolute atomic E-state index is 0. The molecule has 0 bridgehead atoms. The predicted molar refractivity (Wildman–Crippen MR) is 184 cm³/mol. The molecule has 84 N–H and O–H groups in total. The van der Waals surface area contributed by atoms with Crippen LogP contribution < -0.4 is 122 Å². The second-order valence-electron chi connectivity index (χ2n) is 0. The van der Waals surface area contributed by atoms with Crippen LogP contribution in [-0.2, 0) is 123 Å². The van der Waals surface area contributed by atoms with E-state index in [1.165, 1.54) is 0 Å². The molecule has 40 nitrogen and oxygen atoms in total. The van der Waals surface area contributed by atoms with Crippen molar-refractivity contribution < 1.29 is 210 Å². The van der Waals surface area contributed by atoms with Crippen molar-refractivity contribution in [2.75, 3.05) is 0 Å². The van der Waals surface area contributed by atoms with Gasteiger partial charge in [-0.1, -0.05) is 0 Å². The fourth-order valence-electron chi connectivity index (χ4n) is 0. The molecule has 0 atom stereocenters. The summed E-state index contributed by atoms with van der Waals surface area (Å²) < 4.78 is 0. The van der Waals surface area contributed by atoms with E-state index in [0.29, 0.717) is 0 Å². The van der Waals surface area contributed by atoms with Crippen LogP contribution >= 0.6 is 49.6 Å². The Hall–Kier alpha value is 2.53. The van der Waals surface area contributed by atoms with Crippen molar-refractivity contribution in [3.05, 3.63) is 0 Å². The number of halogens is 4. The van der Waals surface area contributed by atoms with Crippen molar-refractivity contribution in [1.29, 1.82) is 21.6 Å². The number of nitrogens with two attached hydrogens (primary N) is 4. The van der Waals surface area contributed by atoms with Gasteiger partial charge in [0, 0.05) is 103 Å². The number of nitrogens with zero attached hydrogens (tertiary/aromatic N) is 4. The smallest absolute Gasteiger partial charge is 0.870 e. The molecule has 0 radical (unpaired) electrons. The molecule has 0 aliphatic heterocycles. The molecule has 0 saturated heterocycles. The van der Waals surface area contributed by atoms with Gasteiger partial charge in [0.15, 0.2) is 0 Å². The van der Waals surface area contributed by atoms with Gasteiger partial charge in [-0.3, -0.25) is 23.4 Å². The molecule has 0 spiro atoms. The first kappa shape index (κ1) is 3270. The molecule has 0 amide bonds. The van der Waals surface area contributed by atoms with Crippen LogP contribution in [0.15, 0.2) is 0 Å². The maximum absolute atomic E-state index is 6.00. The maximum Gasteiger partial charge on any atom is 2.00 e. The van der Waals surface area contributed by atoms with Crippen molar-refractivity contribution >= 4 is 49.6 Å². The van der Waals surface area contributed by atoms with Crippen LogP contribution in [0.4, 0.5) is 0 Å². The summed E-state index contributed by atoms with van der Waals surface area (Å²) in [5.74, 6) is 16.0. The molecule has 0 rings (SSSR count). The summed E-state index contributed by atoms with van der Waals surface area (Å²) in [6.07, 6.45) is 0. The molecule has 50 heteroatoms. The van der Waals surface area contributed by atoms with Crippen LogP contribution in [0, 0.1) is 21.6 Å². The largest absolute Gasteiger partial charge is 2.00 e. The second kappa shape index (κ2) is 20500. The summed E-state index contributed by atoms with van der Waals surface area (Å²) in [4.78, 5) is 0. The van der Waals surface area contributed by atoms with Crippen LogP contribution in [0.25, 0.3) is 0 Å². The third-order valence-electron chi connectivity index (χ3n) is 0. The first-order chi connectivity index (χ1) is 4.00. The molecular weight excluding hydrogens is 1370 g/mol.